The van der Waals surface area contributed by atoms with E-state index in [2.05, 4.69) is 15.0 Å². The molecule has 0 bridgehead atoms. The molecule has 3 rings (SSSR count). The van der Waals surface area contributed by atoms with Crippen LogP contribution in [0.3, 0.4) is 0 Å². The number of hydrogen-bond donors (Lipinski definition) is 4. The molecule has 4 unspecified atom stereocenters. The minimum Gasteiger partial charge on any atom is -0.394 e. The van der Waals surface area contributed by atoms with Gasteiger partial charge in [-0.05, 0) is 0 Å². The van der Waals surface area contributed by atoms with Gasteiger partial charge in [0.1, 0.15) is 23.8 Å². The number of nitrogens with zero attached hydrogens (tertiary/aromatic N) is 4. The van der Waals surface area contributed by atoms with Crippen molar-refractivity contribution in [2.75, 3.05) is 12.3 Å². The summed E-state index contributed by atoms with van der Waals surface area (Å²) in [4.78, 5) is 10.3. The van der Waals surface area contributed by atoms with Crippen molar-refractivity contribution in [3.8, 4) is 0 Å². The highest BCUT2D eigenvalue weighted by Crippen LogP contribution is 2.33. The molecule has 23 heavy (non-hydrogen) atoms. The molecule has 2 aromatic rings. The molecule has 4 atom stereocenters. The van der Waals surface area contributed by atoms with Crippen LogP contribution in [-0.2, 0) is 10.9 Å². The predicted octanol–water partition coefficient (Wildman–Crippen LogP) is -0.961. The first-order chi connectivity index (χ1) is 10.7. The lowest BCUT2D eigenvalue weighted by Crippen LogP contribution is -2.33. The highest BCUT2D eigenvalue weighted by atomic mass is 19.4. The average molecular weight is 335 g/mol. The quantitative estimate of drug-likeness (QED) is 0.550. The zero-order valence-corrected chi connectivity index (χ0v) is 11.3. The van der Waals surface area contributed by atoms with E-state index in [4.69, 9.17) is 15.6 Å². The molecule has 1 saturated heterocycles. The van der Waals surface area contributed by atoms with E-state index in [1.807, 2.05) is 0 Å². The lowest BCUT2D eigenvalue weighted by molar-refractivity contribution is -0.144. The van der Waals surface area contributed by atoms with Gasteiger partial charge in [0.2, 0.25) is 5.82 Å². The van der Waals surface area contributed by atoms with E-state index in [-0.39, 0.29) is 11.2 Å². The van der Waals surface area contributed by atoms with E-state index in [0.29, 0.717) is 0 Å². The van der Waals surface area contributed by atoms with E-state index in [1.54, 1.807) is 0 Å². The second-order valence-electron chi connectivity index (χ2n) is 4.98. The lowest BCUT2D eigenvalue weighted by atomic mass is 10.1. The van der Waals surface area contributed by atoms with Gasteiger partial charge in [0.25, 0.3) is 0 Å². The van der Waals surface area contributed by atoms with Gasteiger partial charge in [0.05, 0.1) is 12.9 Å². The maximum atomic E-state index is 12.8. The van der Waals surface area contributed by atoms with Crippen LogP contribution < -0.4 is 5.73 Å². The molecule has 9 nitrogen and oxygen atoms in total. The minimum absolute atomic E-state index is 0.101. The highest BCUT2D eigenvalue weighted by Gasteiger charge is 2.44. The summed E-state index contributed by atoms with van der Waals surface area (Å²) in [5.74, 6) is -1.94. The molecule has 0 saturated carbocycles. The summed E-state index contributed by atoms with van der Waals surface area (Å²) in [5.41, 5.74) is 5.05. The topological polar surface area (TPSA) is 140 Å². The molecule has 126 valence electrons. The second kappa shape index (κ2) is 5.26. The number of alkyl halides is 3. The highest BCUT2D eigenvalue weighted by molar-refractivity contribution is 5.81. The molecule has 0 radical (unpaired) electrons. The second-order valence-corrected chi connectivity index (χ2v) is 4.98. The summed E-state index contributed by atoms with van der Waals surface area (Å²) in [6, 6.07) is 0. The van der Waals surface area contributed by atoms with E-state index < -0.39 is 49.0 Å². The first-order valence-electron chi connectivity index (χ1n) is 6.43. The monoisotopic (exact) mass is 335 g/mol. The maximum absolute atomic E-state index is 12.8. The van der Waals surface area contributed by atoms with Crippen LogP contribution >= 0.6 is 0 Å². The van der Waals surface area contributed by atoms with Crippen molar-refractivity contribution in [3.05, 3.63) is 12.2 Å². The van der Waals surface area contributed by atoms with Gasteiger partial charge < -0.3 is 25.8 Å². The molecule has 5 N–H and O–H groups in total. The Morgan fingerprint density at radius 1 is 1.26 bits per heavy atom. The number of nitrogens with two attached hydrogens (primary N) is 1. The van der Waals surface area contributed by atoms with Crippen LogP contribution in [0.2, 0.25) is 0 Å². The predicted molar refractivity (Wildman–Crippen MR) is 67.7 cm³/mol. The molecule has 1 aliphatic rings. The Labute approximate surface area is 126 Å². The van der Waals surface area contributed by atoms with Gasteiger partial charge in [-0.2, -0.15) is 13.2 Å². The van der Waals surface area contributed by atoms with Crippen LogP contribution in [-0.4, -0.2) is 59.8 Å². The Bertz CT molecular complexity index is 736. The van der Waals surface area contributed by atoms with Crippen molar-refractivity contribution in [1.82, 2.24) is 19.5 Å². The van der Waals surface area contributed by atoms with Crippen LogP contribution in [0.15, 0.2) is 6.33 Å². The number of anilines is 1. The number of hydrogen-bond acceptors (Lipinski definition) is 8. The molecule has 2 aromatic heterocycles. The minimum atomic E-state index is -4.82. The largest absolute Gasteiger partial charge is 0.451 e. The van der Waals surface area contributed by atoms with Gasteiger partial charge in [0.15, 0.2) is 17.7 Å². The molecular weight excluding hydrogens is 323 g/mol. The molecular formula is C11H12F3N5O4. The number of fused-ring (bicyclic) bond motifs is 1. The van der Waals surface area contributed by atoms with Crippen molar-refractivity contribution in [1.29, 1.82) is 0 Å². The standard InChI is InChI=1S/C11H12F3N5O4/c12-11(13,14)10-17-7(15)4-8(18-10)19(2-16-4)9-6(22)5(21)3(1-20)23-9/h2-3,5-6,9,20-22H,1H2,(H2,15,17,18). The third kappa shape index (κ3) is 2.49. The lowest BCUT2D eigenvalue weighted by Gasteiger charge is -2.17. The Morgan fingerprint density at radius 3 is 2.52 bits per heavy atom. The van der Waals surface area contributed by atoms with E-state index in [0.717, 1.165) is 10.9 Å². The van der Waals surface area contributed by atoms with E-state index >= 15 is 0 Å². The van der Waals surface area contributed by atoms with Gasteiger partial charge in [-0.15, -0.1) is 0 Å². The number of ether oxygens (including phenoxy) is 1. The van der Waals surface area contributed by atoms with Gasteiger partial charge in [0, 0.05) is 0 Å². The third-order valence-electron chi connectivity index (χ3n) is 3.49. The number of aliphatic hydroxyl groups excluding tert-OH is 3. The van der Waals surface area contributed by atoms with Gasteiger partial charge in [-0.25, -0.2) is 15.0 Å². The zero-order chi connectivity index (χ0) is 16.9. The third-order valence-corrected chi connectivity index (χ3v) is 3.49. The number of rotatable bonds is 2. The summed E-state index contributed by atoms with van der Waals surface area (Å²) in [6.07, 6.45) is -9.02. The molecule has 0 spiro atoms. The smallest absolute Gasteiger partial charge is 0.394 e. The molecule has 12 heteroatoms. The van der Waals surface area contributed by atoms with Crippen LogP contribution in [0.4, 0.5) is 19.0 Å². The van der Waals surface area contributed by atoms with Crippen molar-refractivity contribution < 1.29 is 33.2 Å². The van der Waals surface area contributed by atoms with Gasteiger partial charge >= 0.3 is 6.18 Å². The Balaban J connectivity index is 2.10. The van der Waals surface area contributed by atoms with Crippen LogP contribution in [0, 0.1) is 0 Å². The number of imidazole rings is 1. The molecule has 3 heterocycles. The molecule has 0 amide bonds. The van der Waals surface area contributed by atoms with Gasteiger partial charge in [-0.1, -0.05) is 0 Å². The SMILES string of the molecule is Nc1nc(C(F)(F)F)nc2c1ncn2C1OC(CO)C(O)C1O. The number of aromatic nitrogens is 4. The maximum Gasteiger partial charge on any atom is 0.451 e. The number of aliphatic hydroxyl groups is 3. The molecule has 0 aromatic carbocycles. The number of nitrogen functional groups attached to an aromatic ring is 1. The summed E-state index contributed by atoms with van der Waals surface area (Å²) < 4.78 is 44.7. The molecule has 1 fully saturated rings. The normalized spacial score (nSPS) is 28.6. The summed E-state index contributed by atoms with van der Waals surface area (Å²) >= 11 is 0. The average Bonchev–Trinajstić information content (AvgIpc) is 3.01. The summed E-state index contributed by atoms with van der Waals surface area (Å²) in [6.45, 7) is -0.577. The summed E-state index contributed by atoms with van der Waals surface area (Å²) in [7, 11) is 0. The van der Waals surface area contributed by atoms with E-state index in [1.165, 1.54) is 0 Å². The zero-order valence-electron chi connectivity index (χ0n) is 11.3. The van der Waals surface area contributed by atoms with E-state index in [9.17, 15) is 23.4 Å². The fourth-order valence-electron chi connectivity index (χ4n) is 2.36. The first kappa shape index (κ1) is 15.9. The Hall–Kier alpha value is -2.02. The van der Waals surface area contributed by atoms with Crippen molar-refractivity contribution in [2.45, 2.75) is 30.7 Å². The van der Waals surface area contributed by atoms with Gasteiger partial charge in [-0.3, -0.25) is 4.57 Å². The van der Waals surface area contributed by atoms with Crippen molar-refractivity contribution >= 4 is 17.0 Å². The van der Waals surface area contributed by atoms with Crippen molar-refractivity contribution in [2.24, 2.45) is 0 Å². The van der Waals surface area contributed by atoms with Crippen LogP contribution in [0.1, 0.15) is 12.1 Å². The number of halogens is 3. The van der Waals surface area contributed by atoms with Crippen LogP contribution in [0.25, 0.3) is 11.2 Å². The van der Waals surface area contributed by atoms with Crippen LogP contribution in [0.5, 0.6) is 0 Å². The fraction of sp³-hybridized carbons (Fsp3) is 0.545. The Morgan fingerprint density at radius 2 is 1.96 bits per heavy atom. The fourth-order valence-corrected chi connectivity index (χ4v) is 2.36. The van der Waals surface area contributed by atoms with Crippen molar-refractivity contribution in [3.63, 3.8) is 0 Å². The molecule has 1 aliphatic heterocycles. The molecule has 0 aliphatic carbocycles. The first-order valence-corrected chi connectivity index (χ1v) is 6.43. The summed E-state index contributed by atoms with van der Waals surface area (Å²) in [5, 5.41) is 28.8. The Kier molecular flexibility index (Phi) is 3.63.